The maximum absolute atomic E-state index is 13.2. The topological polar surface area (TPSA) is 95.9 Å². The number of nitrogens with zero attached hydrogens (tertiary/aromatic N) is 1. The van der Waals surface area contributed by atoms with Crippen LogP contribution in [0.2, 0.25) is 0 Å². The summed E-state index contributed by atoms with van der Waals surface area (Å²) in [6.45, 7) is 0.215. The number of hydrogen-bond donors (Lipinski definition) is 2. The third-order valence-corrected chi connectivity index (χ3v) is 8.03. The summed E-state index contributed by atoms with van der Waals surface area (Å²) in [5, 5.41) is 12.6. The summed E-state index contributed by atoms with van der Waals surface area (Å²) < 4.78 is 5.66. The Morgan fingerprint density at radius 3 is 2.18 bits per heavy atom. The van der Waals surface area contributed by atoms with E-state index < -0.39 is 23.5 Å². The van der Waals surface area contributed by atoms with E-state index in [1.807, 2.05) is 24.3 Å². The molecule has 3 aliphatic rings. The van der Waals surface area contributed by atoms with Crippen LogP contribution in [0.4, 0.5) is 4.79 Å². The molecule has 0 radical (unpaired) electrons. The van der Waals surface area contributed by atoms with Crippen LogP contribution in [-0.4, -0.2) is 53.2 Å². The van der Waals surface area contributed by atoms with Crippen LogP contribution >= 0.6 is 0 Å². The highest BCUT2D eigenvalue weighted by Crippen LogP contribution is 2.44. The number of carbonyl (C=O) groups excluding carboxylic acids is 2. The van der Waals surface area contributed by atoms with Gasteiger partial charge < -0.3 is 20.1 Å². The van der Waals surface area contributed by atoms with E-state index in [0.717, 1.165) is 24.0 Å². The number of rotatable bonds is 6. The van der Waals surface area contributed by atoms with Gasteiger partial charge in [0.15, 0.2) is 0 Å². The molecule has 0 heterocycles. The summed E-state index contributed by atoms with van der Waals surface area (Å²) >= 11 is 0. The summed E-state index contributed by atoms with van der Waals surface area (Å²) in [6, 6.07) is 16.0. The van der Waals surface area contributed by atoms with Crippen molar-refractivity contribution < 1.29 is 24.2 Å². The second kappa shape index (κ2) is 8.78. The van der Waals surface area contributed by atoms with Crippen LogP contribution in [0.1, 0.15) is 55.6 Å². The zero-order valence-electron chi connectivity index (χ0n) is 19.3. The van der Waals surface area contributed by atoms with Crippen LogP contribution in [0.15, 0.2) is 48.5 Å². The van der Waals surface area contributed by atoms with Crippen LogP contribution in [0.5, 0.6) is 0 Å². The average molecular weight is 463 g/mol. The first kappa shape index (κ1) is 22.4. The number of benzene rings is 2. The highest BCUT2D eigenvalue weighted by Gasteiger charge is 2.52. The fraction of sp³-hybridized carbons (Fsp3) is 0.444. The van der Waals surface area contributed by atoms with Crippen LogP contribution in [0, 0.1) is 5.92 Å². The Labute approximate surface area is 199 Å². The number of nitrogens with one attached hydrogen (secondary N) is 1. The van der Waals surface area contributed by atoms with Crippen molar-refractivity contribution in [2.75, 3.05) is 13.7 Å². The van der Waals surface area contributed by atoms with Crippen molar-refractivity contribution in [3.8, 4) is 11.1 Å². The number of amides is 2. The predicted molar refractivity (Wildman–Crippen MR) is 126 cm³/mol. The van der Waals surface area contributed by atoms with Gasteiger partial charge in [0.2, 0.25) is 5.91 Å². The molecule has 7 nitrogen and oxygen atoms in total. The Balaban J connectivity index is 1.23. The number of likely N-dealkylation sites (N-methyl/N-ethyl adjacent to an activating group) is 1. The molecule has 5 rings (SSSR count). The Hall–Kier alpha value is -3.35. The van der Waals surface area contributed by atoms with Gasteiger partial charge in [0.05, 0.1) is 5.92 Å². The lowest BCUT2D eigenvalue weighted by Crippen LogP contribution is -2.61. The van der Waals surface area contributed by atoms with Gasteiger partial charge in [-0.1, -0.05) is 55.0 Å². The fourth-order valence-corrected chi connectivity index (χ4v) is 5.88. The summed E-state index contributed by atoms with van der Waals surface area (Å²) in [6.07, 6.45) is 3.32. The summed E-state index contributed by atoms with van der Waals surface area (Å²) in [7, 11) is 1.58. The van der Waals surface area contributed by atoms with E-state index in [1.54, 1.807) is 7.05 Å². The molecule has 7 heteroatoms. The fourth-order valence-electron chi connectivity index (χ4n) is 5.88. The minimum Gasteiger partial charge on any atom is -0.479 e. The molecule has 0 spiro atoms. The van der Waals surface area contributed by atoms with Crippen LogP contribution < -0.4 is 5.32 Å². The number of carboxylic acids is 1. The third-order valence-electron chi connectivity index (χ3n) is 8.03. The Bertz CT molecular complexity index is 1080. The smallest absolute Gasteiger partial charge is 0.407 e. The third kappa shape index (κ3) is 3.63. The van der Waals surface area contributed by atoms with Crippen molar-refractivity contribution in [1.29, 1.82) is 0 Å². The molecule has 0 saturated heterocycles. The summed E-state index contributed by atoms with van der Waals surface area (Å²) in [4.78, 5) is 39.2. The molecule has 2 saturated carbocycles. The van der Waals surface area contributed by atoms with Gasteiger partial charge in [0.25, 0.3) is 0 Å². The molecule has 2 fully saturated rings. The molecule has 2 N–H and O–H groups in total. The maximum atomic E-state index is 13.2. The molecule has 0 bridgehead atoms. The number of carboxylic acid groups (broad SMARTS) is 1. The number of ether oxygens (including phenoxy) is 1. The van der Waals surface area contributed by atoms with E-state index in [-0.39, 0.29) is 24.5 Å². The van der Waals surface area contributed by atoms with Crippen LogP contribution in [0.3, 0.4) is 0 Å². The number of alkyl carbamates (subject to hydrolysis) is 1. The predicted octanol–water partition coefficient (Wildman–Crippen LogP) is 4.16. The van der Waals surface area contributed by atoms with E-state index in [4.69, 9.17) is 4.74 Å². The second-order valence-electron chi connectivity index (χ2n) is 9.70. The molecule has 3 aliphatic carbocycles. The number of hydrogen-bond acceptors (Lipinski definition) is 4. The molecule has 34 heavy (non-hydrogen) atoms. The molecule has 0 aromatic heterocycles. The van der Waals surface area contributed by atoms with Gasteiger partial charge >= 0.3 is 12.1 Å². The molecule has 2 amide bonds. The SMILES string of the molecule is CN(C(=O)[C@H]1CCC[C@H]1NC(=O)OCC1c2ccccc2-c2ccccc21)C1(C(=O)O)CCC1. The van der Waals surface area contributed by atoms with E-state index >= 15 is 0 Å². The maximum Gasteiger partial charge on any atom is 0.407 e. The minimum atomic E-state index is -1.10. The van der Waals surface area contributed by atoms with Crippen molar-refractivity contribution in [2.24, 2.45) is 5.92 Å². The first-order valence-electron chi connectivity index (χ1n) is 12.0. The first-order chi connectivity index (χ1) is 16.4. The summed E-state index contributed by atoms with van der Waals surface area (Å²) in [5.74, 6) is -1.61. The molecular formula is C27H30N2O5. The largest absolute Gasteiger partial charge is 0.479 e. The van der Waals surface area contributed by atoms with Crippen LogP contribution in [-0.2, 0) is 14.3 Å². The van der Waals surface area contributed by atoms with Gasteiger partial charge in [-0.3, -0.25) is 4.79 Å². The van der Waals surface area contributed by atoms with Gasteiger partial charge in [0.1, 0.15) is 12.1 Å². The van der Waals surface area contributed by atoms with Gasteiger partial charge in [0, 0.05) is 19.0 Å². The molecule has 0 aliphatic heterocycles. The molecule has 2 atom stereocenters. The van der Waals surface area contributed by atoms with Gasteiger partial charge in [-0.2, -0.15) is 0 Å². The molecule has 2 aromatic rings. The molecule has 178 valence electrons. The zero-order valence-corrected chi connectivity index (χ0v) is 19.3. The second-order valence-corrected chi connectivity index (χ2v) is 9.70. The standard InChI is InChI=1S/C27H30N2O5/c1-29(27(25(31)32)14-7-15-27)24(30)21-12-6-13-23(21)28-26(33)34-16-22-19-10-4-2-8-17(19)18-9-3-5-11-20(18)22/h2-5,8-11,21-23H,6-7,12-16H2,1H3,(H,28,33)(H,31,32)/t21-,23+/m0/s1. The van der Waals surface area contributed by atoms with Crippen molar-refractivity contribution in [3.63, 3.8) is 0 Å². The lowest BCUT2D eigenvalue weighted by atomic mass is 9.75. The molecule has 2 aromatic carbocycles. The van der Waals surface area contributed by atoms with Crippen molar-refractivity contribution in [2.45, 2.75) is 56.0 Å². The first-order valence-corrected chi connectivity index (χ1v) is 12.0. The van der Waals surface area contributed by atoms with Gasteiger partial charge in [-0.25, -0.2) is 9.59 Å². The summed E-state index contributed by atoms with van der Waals surface area (Å²) in [5.41, 5.74) is 3.52. The van der Waals surface area contributed by atoms with E-state index in [9.17, 15) is 19.5 Å². The lowest BCUT2D eigenvalue weighted by Gasteiger charge is -2.46. The van der Waals surface area contributed by atoms with E-state index in [1.165, 1.54) is 16.0 Å². The monoisotopic (exact) mass is 462 g/mol. The van der Waals surface area contributed by atoms with Gasteiger partial charge in [-0.15, -0.1) is 0 Å². The number of carbonyl (C=O) groups is 3. The highest BCUT2D eigenvalue weighted by atomic mass is 16.5. The van der Waals surface area contributed by atoms with Crippen molar-refractivity contribution >= 4 is 18.0 Å². The zero-order chi connectivity index (χ0) is 23.9. The quantitative estimate of drug-likeness (QED) is 0.672. The minimum absolute atomic E-state index is 0.0284. The Kier molecular flexibility index (Phi) is 5.80. The van der Waals surface area contributed by atoms with Crippen molar-refractivity contribution in [1.82, 2.24) is 10.2 Å². The van der Waals surface area contributed by atoms with Gasteiger partial charge in [-0.05, 0) is 54.4 Å². The van der Waals surface area contributed by atoms with Crippen LogP contribution in [0.25, 0.3) is 11.1 Å². The van der Waals surface area contributed by atoms with E-state index in [2.05, 4.69) is 29.6 Å². The Morgan fingerprint density at radius 2 is 1.62 bits per heavy atom. The van der Waals surface area contributed by atoms with E-state index in [0.29, 0.717) is 25.7 Å². The highest BCUT2D eigenvalue weighted by molar-refractivity contribution is 5.89. The van der Waals surface area contributed by atoms with Crippen molar-refractivity contribution in [3.05, 3.63) is 59.7 Å². The Morgan fingerprint density at radius 1 is 1.00 bits per heavy atom. The molecule has 0 unspecified atom stereocenters. The number of aliphatic carboxylic acids is 1. The number of fused-ring (bicyclic) bond motifs is 3. The lowest BCUT2D eigenvalue weighted by molar-refractivity contribution is -0.166. The average Bonchev–Trinajstić information content (AvgIpc) is 3.38. The molecular weight excluding hydrogens is 432 g/mol. The normalized spacial score (nSPS) is 22.3.